The summed E-state index contributed by atoms with van der Waals surface area (Å²) < 4.78 is 41.3. The number of benzene rings is 7. The molecule has 0 radical (unpaired) electrons. The maximum absolute atomic E-state index is 14.1. The Balaban J connectivity index is 1.01. The third-order valence-corrected chi connectivity index (χ3v) is 12.3. The minimum absolute atomic E-state index is 0.272. The van der Waals surface area contributed by atoms with Gasteiger partial charge in [0.2, 0.25) is 0 Å². The zero-order chi connectivity index (χ0) is 45.5. The van der Waals surface area contributed by atoms with Crippen molar-refractivity contribution in [2.24, 2.45) is 0 Å². The van der Waals surface area contributed by atoms with Crippen molar-refractivity contribution >= 4 is 0 Å². The molecule has 3 aromatic heterocycles. The van der Waals surface area contributed by atoms with Crippen LogP contribution in [0, 0.1) is 17.5 Å². The lowest BCUT2D eigenvalue weighted by molar-refractivity contribution is 0.627. The molecule has 0 unspecified atom stereocenters. The van der Waals surface area contributed by atoms with Crippen LogP contribution in [0.5, 0.6) is 0 Å². The lowest BCUT2D eigenvalue weighted by atomic mass is 9.87. The van der Waals surface area contributed by atoms with Crippen molar-refractivity contribution in [2.45, 2.75) is 25.7 Å². The first-order valence-corrected chi connectivity index (χ1v) is 22.4. The molecule has 0 N–H and O–H groups in total. The molecule has 7 aromatic carbocycles. The quantitative estimate of drug-likeness (QED) is 0.116. The highest BCUT2D eigenvalue weighted by Gasteiger charge is 2.17. The number of aromatic nitrogens is 3. The Hall–Kier alpha value is -8.22. The Morgan fingerprint density at radius 1 is 0.254 bits per heavy atom. The normalized spacial score (nSPS) is 11.1. The van der Waals surface area contributed by atoms with Crippen LogP contribution in [0.3, 0.4) is 0 Å². The largest absolute Gasteiger partial charge is 0.256 e. The third-order valence-electron chi connectivity index (χ3n) is 12.3. The van der Waals surface area contributed by atoms with E-state index in [0.29, 0.717) is 0 Å². The SMILES string of the molecule is Fc1ccc(-c2ccc(CCc3cc(CCc4ccc(-c5ccc(F)cc5)nc4)cc(-c4ccccc4-c4cnc(-c5ccc(F)cc5)cc4-c4ccc(-c5ccccc5)cc4)c3)cn2)cc1. The van der Waals surface area contributed by atoms with Crippen LogP contribution in [0.2, 0.25) is 0 Å². The number of rotatable bonds is 13. The fourth-order valence-electron chi connectivity index (χ4n) is 8.64. The molecule has 0 spiro atoms. The summed E-state index contributed by atoms with van der Waals surface area (Å²) >= 11 is 0. The Morgan fingerprint density at radius 2 is 0.672 bits per heavy atom. The topological polar surface area (TPSA) is 38.7 Å². The Labute approximate surface area is 389 Å². The van der Waals surface area contributed by atoms with E-state index in [4.69, 9.17) is 15.0 Å². The average molecular weight is 876 g/mol. The summed E-state index contributed by atoms with van der Waals surface area (Å²) in [6.07, 6.45) is 8.94. The van der Waals surface area contributed by atoms with Gasteiger partial charge in [0.25, 0.3) is 0 Å². The second-order valence-corrected chi connectivity index (χ2v) is 16.8. The highest BCUT2D eigenvalue weighted by Crippen LogP contribution is 2.41. The summed E-state index contributed by atoms with van der Waals surface area (Å²) in [6.45, 7) is 0. The summed E-state index contributed by atoms with van der Waals surface area (Å²) in [5, 5.41) is 0. The van der Waals surface area contributed by atoms with E-state index in [2.05, 4.69) is 97.1 Å². The number of hydrogen-bond donors (Lipinski definition) is 0. The van der Waals surface area contributed by atoms with Crippen molar-refractivity contribution in [3.63, 3.8) is 0 Å². The van der Waals surface area contributed by atoms with E-state index >= 15 is 0 Å². The number of hydrogen-bond acceptors (Lipinski definition) is 3. The molecule has 10 aromatic rings. The van der Waals surface area contributed by atoms with Crippen LogP contribution in [-0.4, -0.2) is 15.0 Å². The van der Waals surface area contributed by atoms with Gasteiger partial charge in [-0.25, -0.2) is 13.2 Å². The zero-order valence-corrected chi connectivity index (χ0v) is 36.6. The smallest absolute Gasteiger partial charge is 0.123 e. The van der Waals surface area contributed by atoms with Gasteiger partial charge < -0.3 is 0 Å². The zero-order valence-electron chi connectivity index (χ0n) is 36.6. The third kappa shape index (κ3) is 10.0. The first kappa shape index (κ1) is 42.7. The van der Waals surface area contributed by atoms with Gasteiger partial charge in [-0.1, -0.05) is 109 Å². The van der Waals surface area contributed by atoms with Crippen LogP contribution < -0.4 is 0 Å². The molecule has 0 fully saturated rings. The molecule has 3 nitrogen and oxygen atoms in total. The lowest BCUT2D eigenvalue weighted by Crippen LogP contribution is -1.99. The van der Waals surface area contributed by atoms with E-state index in [1.807, 2.05) is 48.9 Å². The summed E-state index contributed by atoms with van der Waals surface area (Å²) in [6, 6.07) is 64.0. The first-order valence-electron chi connectivity index (χ1n) is 22.4. The Kier molecular flexibility index (Phi) is 12.4. The predicted molar refractivity (Wildman–Crippen MR) is 265 cm³/mol. The van der Waals surface area contributed by atoms with Crippen LogP contribution in [0.4, 0.5) is 13.2 Å². The van der Waals surface area contributed by atoms with Crippen LogP contribution >= 0.6 is 0 Å². The number of pyridine rings is 3. The number of nitrogens with zero attached hydrogens (tertiary/aromatic N) is 3. The van der Waals surface area contributed by atoms with Crippen molar-refractivity contribution in [2.75, 3.05) is 0 Å². The molecule has 0 saturated carbocycles. The summed E-state index contributed by atoms with van der Waals surface area (Å²) in [7, 11) is 0. The van der Waals surface area contributed by atoms with Crippen LogP contribution in [0.15, 0.2) is 219 Å². The van der Waals surface area contributed by atoms with E-state index in [-0.39, 0.29) is 17.5 Å². The molecular formula is C61H44F3N3. The van der Waals surface area contributed by atoms with Crippen molar-refractivity contribution in [1.29, 1.82) is 0 Å². The summed E-state index contributed by atoms with van der Waals surface area (Å²) in [4.78, 5) is 14.4. The second kappa shape index (κ2) is 19.5. The molecule has 0 aliphatic heterocycles. The fourth-order valence-corrected chi connectivity index (χ4v) is 8.64. The van der Waals surface area contributed by atoms with Gasteiger partial charge in [0.05, 0.1) is 17.1 Å². The summed E-state index contributed by atoms with van der Waals surface area (Å²) in [5.41, 5.74) is 18.1. The van der Waals surface area contributed by atoms with Gasteiger partial charge >= 0.3 is 0 Å². The standard InChI is InChI=1S/C61H44F3N3/c62-52-26-20-48(21-27-52)59-32-14-41(38-65-59)10-12-43-34-44(13-11-42-15-33-60(66-39-42)49-22-28-53(63)29-23-49)36-51(35-43)55-8-4-5-9-56(55)58-40-67-61(50-24-30-54(64)31-25-50)37-57(58)47-18-16-46(17-19-47)45-6-2-1-3-7-45/h1-9,14-40H,10-13H2. The average Bonchev–Trinajstić information content (AvgIpc) is 3.38. The van der Waals surface area contributed by atoms with E-state index < -0.39 is 0 Å². The minimum Gasteiger partial charge on any atom is -0.256 e. The second-order valence-electron chi connectivity index (χ2n) is 16.8. The van der Waals surface area contributed by atoms with E-state index in [1.54, 1.807) is 36.4 Å². The molecule has 0 saturated heterocycles. The van der Waals surface area contributed by atoms with Gasteiger partial charge in [-0.3, -0.25) is 15.0 Å². The predicted octanol–water partition coefficient (Wildman–Crippen LogP) is 15.5. The van der Waals surface area contributed by atoms with Crippen LogP contribution in [0.1, 0.15) is 22.3 Å². The molecule has 324 valence electrons. The fraction of sp³-hybridized carbons (Fsp3) is 0.0656. The van der Waals surface area contributed by atoms with E-state index in [0.717, 1.165) is 115 Å². The molecule has 0 amide bonds. The molecule has 6 heteroatoms. The first-order chi connectivity index (χ1) is 32.9. The molecule has 67 heavy (non-hydrogen) atoms. The van der Waals surface area contributed by atoms with Crippen LogP contribution in [-0.2, 0) is 25.7 Å². The highest BCUT2D eigenvalue weighted by atomic mass is 19.1. The van der Waals surface area contributed by atoms with E-state index in [1.165, 1.54) is 47.5 Å². The molecule has 0 aliphatic carbocycles. The molecule has 0 atom stereocenters. The molecule has 0 aliphatic rings. The van der Waals surface area contributed by atoms with Gasteiger partial charge in [-0.15, -0.1) is 0 Å². The van der Waals surface area contributed by atoms with Crippen molar-refractivity contribution in [1.82, 2.24) is 15.0 Å². The van der Waals surface area contributed by atoms with Gasteiger partial charge in [0.1, 0.15) is 17.5 Å². The molecular weight excluding hydrogens is 832 g/mol. The van der Waals surface area contributed by atoms with Gasteiger partial charge in [0.15, 0.2) is 0 Å². The number of aryl methyl sites for hydroxylation is 4. The lowest BCUT2D eigenvalue weighted by Gasteiger charge is -2.18. The van der Waals surface area contributed by atoms with Crippen molar-refractivity contribution < 1.29 is 13.2 Å². The Morgan fingerprint density at radius 3 is 1.18 bits per heavy atom. The van der Waals surface area contributed by atoms with Gasteiger partial charge in [-0.2, -0.15) is 0 Å². The Bertz CT molecular complexity index is 3150. The van der Waals surface area contributed by atoms with E-state index in [9.17, 15) is 13.2 Å². The van der Waals surface area contributed by atoms with Crippen molar-refractivity contribution in [3.05, 3.63) is 258 Å². The molecule has 3 heterocycles. The molecule has 0 bridgehead atoms. The van der Waals surface area contributed by atoms with Gasteiger partial charge in [-0.05, 0) is 178 Å². The van der Waals surface area contributed by atoms with Crippen LogP contribution in [0.25, 0.3) is 78.3 Å². The molecule has 10 rings (SSSR count). The number of halogens is 3. The minimum atomic E-state index is -0.291. The van der Waals surface area contributed by atoms with Gasteiger partial charge in [0, 0.05) is 40.8 Å². The summed E-state index contributed by atoms with van der Waals surface area (Å²) in [5.74, 6) is -0.834. The van der Waals surface area contributed by atoms with Crippen molar-refractivity contribution in [3.8, 4) is 78.3 Å². The monoisotopic (exact) mass is 875 g/mol. The maximum Gasteiger partial charge on any atom is 0.123 e. The highest BCUT2D eigenvalue weighted by molar-refractivity contribution is 5.93. The maximum atomic E-state index is 14.1.